The summed E-state index contributed by atoms with van der Waals surface area (Å²) in [5.74, 6) is 0.168. The second-order valence-corrected chi connectivity index (χ2v) is 4.84. The van der Waals surface area contributed by atoms with Crippen LogP contribution in [0.3, 0.4) is 0 Å². The van der Waals surface area contributed by atoms with Crippen LogP contribution in [0, 0.1) is 0 Å². The van der Waals surface area contributed by atoms with Crippen LogP contribution in [0.15, 0.2) is 24.3 Å². The minimum atomic E-state index is -0.722. The highest BCUT2D eigenvalue weighted by Crippen LogP contribution is 2.13. The lowest BCUT2D eigenvalue weighted by Crippen LogP contribution is -2.15. The van der Waals surface area contributed by atoms with E-state index in [0.29, 0.717) is 0 Å². The molecular weight excluding hydrogens is 242 g/mol. The third-order valence-corrected chi connectivity index (χ3v) is 2.62. The molecule has 1 rings (SSSR count). The molecule has 2 N–H and O–H groups in total. The van der Waals surface area contributed by atoms with Crippen molar-refractivity contribution in [3.05, 3.63) is 29.8 Å². The van der Waals surface area contributed by atoms with E-state index >= 15 is 0 Å². The SMILES string of the molecule is CC(C)Oc1ccc(CNCCCCC(=O)O)cc1. The van der Waals surface area contributed by atoms with Gasteiger partial charge in [0.2, 0.25) is 0 Å². The van der Waals surface area contributed by atoms with Crippen molar-refractivity contribution in [3.63, 3.8) is 0 Å². The highest BCUT2D eigenvalue weighted by atomic mass is 16.5. The van der Waals surface area contributed by atoms with E-state index in [0.717, 1.165) is 31.7 Å². The molecule has 0 aliphatic rings. The first-order chi connectivity index (χ1) is 9.08. The summed E-state index contributed by atoms with van der Waals surface area (Å²) in [6.45, 7) is 5.66. The van der Waals surface area contributed by atoms with Crippen molar-refractivity contribution >= 4 is 5.97 Å². The molecule has 1 aromatic rings. The lowest BCUT2D eigenvalue weighted by atomic mass is 10.2. The van der Waals surface area contributed by atoms with Gasteiger partial charge in [-0.15, -0.1) is 0 Å². The van der Waals surface area contributed by atoms with Gasteiger partial charge in [-0.25, -0.2) is 0 Å². The maximum absolute atomic E-state index is 10.3. The Bertz CT molecular complexity index is 373. The molecule has 0 aliphatic carbocycles. The zero-order valence-corrected chi connectivity index (χ0v) is 11.7. The van der Waals surface area contributed by atoms with Gasteiger partial charge in [-0.05, 0) is 50.9 Å². The van der Waals surface area contributed by atoms with Gasteiger partial charge in [-0.2, -0.15) is 0 Å². The molecule has 0 heterocycles. The van der Waals surface area contributed by atoms with Gasteiger partial charge >= 0.3 is 5.97 Å². The first-order valence-electron chi connectivity index (χ1n) is 6.76. The number of ether oxygens (including phenoxy) is 1. The van der Waals surface area contributed by atoms with E-state index in [9.17, 15) is 4.79 Å². The van der Waals surface area contributed by atoms with Crippen molar-refractivity contribution in [1.29, 1.82) is 0 Å². The van der Waals surface area contributed by atoms with Gasteiger partial charge in [0, 0.05) is 13.0 Å². The van der Waals surface area contributed by atoms with Gasteiger partial charge in [0.1, 0.15) is 5.75 Å². The third kappa shape index (κ3) is 7.47. The minimum absolute atomic E-state index is 0.193. The lowest BCUT2D eigenvalue weighted by molar-refractivity contribution is -0.137. The number of hydrogen-bond acceptors (Lipinski definition) is 3. The van der Waals surface area contributed by atoms with Gasteiger partial charge in [-0.3, -0.25) is 4.79 Å². The molecular formula is C15H23NO3. The second kappa shape index (κ2) is 8.53. The van der Waals surface area contributed by atoms with E-state index in [1.807, 2.05) is 38.1 Å². The molecule has 0 atom stereocenters. The molecule has 0 aromatic heterocycles. The van der Waals surface area contributed by atoms with Gasteiger partial charge in [0.05, 0.1) is 6.10 Å². The largest absolute Gasteiger partial charge is 0.491 e. The Kier molecular flexibility index (Phi) is 6.97. The molecule has 106 valence electrons. The van der Waals surface area contributed by atoms with Crippen LogP contribution in [-0.4, -0.2) is 23.7 Å². The summed E-state index contributed by atoms with van der Waals surface area (Å²) in [7, 11) is 0. The molecule has 1 aromatic carbocycles. The fourth-order valence-corrected chi connectivity index (χ4v) is 1.72. The van der Waals surface area contributed by atoms with E-state index in [1.165, 1.54) is 5.56 Å². The Morgan fingerprint density at radius 3 is 2.53 bits per heavy atom. The third-order valence-electron chi connectivity index (χ3n) is 2.62. The number of unbranched alkanes of at least 4 members (excludes halogenated alkanes) is 1. The maximum Gasteiger partial charge on any atom is 0.303 e. The smallest absolute Gasteiger partial charge is 0.303 e. The number of rotatable bonds is 9. The van der Waals surface area contributed by atoms with E-state index < -0.39 is 5.97 Å². The fourth-order valence-electron chi connectivity index (χ4n) is 1.72. The highest BCUT2D eigenvalue weighted by molar-refractivity contribution is 5.66. The van der Waals surface area contributed by atoms with E-state index in [2.05, 4.69) is 5.32 Å². The number of carbonyl (C=O) groups is 1. The van der Waals surface area contributed by atoms with E-state index in [1.54, 1.807) is 0 Å². The van der Waals surface area contributed by atoms with Crippen LogP contribution < -0.4 is 10.1 Å². The normalized spacial score (nSPS) is 10.7. The average Bonchev–Trinajstić information content (AvgIpc) is 2.34. The van der Waals surface area contributed by atoms with Gasteiger partial charge in [-0.1, -0.05) is 12.1 Å². The molecule has 0 fully saturated rings. The van der Waals surface area contributed by atoms with Crippen molar-refractivity contribution in [2.45, 2.75) is 45.8 Å². The number of benzene rings is 1. The van der Waals surface area contributed by atoms with Gasteiger partial charge in [0.25, 0.3) is 0 Å². The molecule has 0 saturated carbocycles. The van der Waals surface area contributed by atoms with Crippen molar-refractivity contribution < 1.29 is 14.6 Å². The Hall–Kier alpha value is -1.55. The molecule has 0 saturated heterocycles. The monoisotopic (exact) mass is 265 g/mol. The highest BCUT2D eigenvalue weighted by Gasteiger charge is 1.99. The van der Waals surface area contributed by atoms with Crippen molar-refractivity contribution in [2.75, 3.05) is 6.54 Å². The lowest BCUT2D eigenvalue weighted by Gasteiger charge is -2.10. The summed E-state index contributed by atoms with van der Waals surface area (Å²) in [6, 6.07) is 8.03. The Balaban J connectivity index is 2.17. The summed E-state index contributed by atoms with van der Waals surface area (Å²) in [6.07, 6.45) is 2.06. The number of carboxylic acids is 1. The molecule has 4 nitrogen and oxygen atoms in total. The van der Waals surface area contributed by atoms with Crippen molar-refractivity contribution in [2.24, 2.45) is 0 Å². The first-order valence-corrected chi connectivity index (χ1v) is 6.76. The minimum Gasteiger partial charge on any atom is -0.491 e. The Morgan fingerprint density at radius 1 is 1.26 bits per heavy atom. The van der Waals surface area contributed by atoms with Crippen LogP contribution in [0.5, 0.6) is 5.75 Å². The molecule has 0 spiro atoms. The van der Waals surface area contributed by atoms with Crippen LogP contribution in [-0.2, 0) is 11.3 Å². The predicted molar refractivity (Wildman–Crippen MR) is 75.4 cm³/mol. The predicted octanol–water partition coefficient (Wildman–Crippen LogP) is 2.82. The fraction of sp³-hybridized carbons (Fsp3) is 0.533. The van der Waals surface area contributed by atoms with Crippen molar-refractivity contribution in [3.8, 4) is 5.75 Å². The quantitative estimate of drug-likeness (QED) is 0.674. The summed E-state index contributed by atoms with van der Waals surface area (Å²) in [4.78, 5) is 10.3. The molecule has 0 aliphatic heterocycles. The van der Waals surface area contributed by atoms with E-state index in [-0.39, 0.29) is 12.5 Å². The molecule has 0 radical (unpaired) electrons. The maximum atomic E-state index is 10.3. The van der Waals surface area contributed by atoms with Crippen molar-refractivity contribution in [1.82, 2.24) is 5.32 Å². The number of aliphatic carboxylic acids is 1. The average molecular weight is 265 g/mol. The topological polar surface area (TPSA) is 58.6 Å². The molecule has 0 bridgehead atoms. The van der Waals surface area contributed by atoms with Crippen LogP contribution in [0.2, 0.25) is 0 Å². The van der Waals surface area contributed by atoms with Gasteiger partial charge < -0.3 is 15.2 Å². The van der Waals surface area contributed by atoms with Crippen LogP contribution in [0.25, 0.3) is 0 Å². The van der Waals surface area contributed by atoms with E-state index in [4.69, 9.17) is 9.84 Å². The summed E-state index contributed by atoms with van der Waals surface area (Å²) < 4.78 is 5.57. The standard InChI is InChI=1S/C15H23NO3/c1-12(2)19-14-8-6-13(7-9-14)11-16-10-4-3-5-15(17)18/h6-9,12,16H,3-5,10-11H2,1-2H3,(H,17,18). The van der Waals surface area contributed by atoms with Gasteiger partial charge in [0.15, 0.2) is 0 Å². The summed E-state index contributed by atoms with van der Waals surface area (Å²) in [5.41, 5.74) is 1.20. The molecule has 4 heteroatoms. The zero-order valence-electron chi connectivity index (χ0n) is 11.7. The Morgan fingerprint density at radius 2 is 1.95 bits per heavy atom. The van der Waals surface area contributed by atoms with Crippen LogP contribution >= 0.6 is 0 Å². The summed E-state index contributed by atoms with van der Waals surface area (Å²) >= 11 is 0. The van der Waals surface area contributed by atoms with Crippen LogP contribution in [0.4, 0.5) is 0 Å². The molecule has 0 unspecified atom stereocenters. The number of nitrogens with one attached hydrogen (secondary N) is 1. The number of hydrogen-bond donors (Lipinski definition) is 2. The summed E-state index contributed by atoms with van der Waals surface area (Å²) in [5, 5.41) is 11.8. The molecule has 0 amide bonds. The number of carboxylic acid groups (broad SMARTS) is 1. The second-order valence-electron chi connectivity index (χ2n) is 4.84. The zero-order chi connectivity index (χ0) is 14.1. The first kappa shape index (κ1) is 15.5. The molecule has 19 heavy (non-hydrogen) atoms. The van der Waals surface area contributed by atoms with Crippen LogP contribution in [0.1, 0.15) is 38.7 Å². The Labute approximate surface area is 114 Å².